The molecule has 7 nitrogen and oxygen atoms in total. The van der Waals surface area contributed by atoms with Crippen LogP contribution in [0.25, 0.3) is 0 Å². The molecule has 1 aliphatic carbocycles. The standard InChI is InChI=1S/C19H29N3O4S/c1-27(25,26)17-10-6-5-9-15(17)21-13-16(19(20)24)22-18(23)12-11-14-7-3-2-4-8-14/h5-6,9-10,14,16,21H,2-4,7-8,11-13H2,1H3,(H2,20,24)(H,22,23)/t16-/m0/s1. The number of primary amides is 1. The zero-order chi connectivity index (χ0) is 19.9. The molecule has 2 rings (SSSR count). The van der Waals surface area contributed by atoms with Crippen molar-refractivity contribution >= 4 is 27.3 Å². The van der Waals surface area contributed by atoms with Crippen LogP contribution in [0.15, 0.2) is 29.2 Å². The molecule has 1 aliphatic rings. The maximum absolute atomic E-state index is 12.2. The number of hydrogen-bond donors (Lipinski definition) is 3. The van der Waals surface area contributed by atoms with E-state index in [9.17, 15) is 18.0 Å². The maximum Gasteiger partial charge on any atom is 0.241 e. The van der Waals surface area contributed by atoms with Crippen LogP contribution in [-0.4, -0.2) is 39.1 Å². The van der Waals surface area contributed by atoms with Crippen LogP contribution < -0.4 is 16.4 Å². The van der Waals surface area contributed by atoms with Gasteiger partial charge in [0.25, 0.3) is 0 Å². The highest BCUT2D eigenvalue weighted by Gasteiger charge is 2.21. The number of hydrogen-bond acceptors (Lipinski definition) is 5. The van der Waals surface area contributed by atoms with Crippen molar-refractivity contribution in [2.24, 2.45) is 11.7 Å². The second-order valence-electron chi connectivity index (χ2n) is 7.21. The summed E-state index contributed by atoms with van der Waals surface area (Å²) >= 11 is 0. The Morgan fingerprint density at radius 3 is 2.48 bits per heavy atom. The lowest BCUT2D eigenvalue weighted by Gasteiger charge is -2.22. The van der Waals surface area contributed by atoms with Crippen LogP contribution in [-0.2, 0) is 19.4 Å². The van der Waals surface area contributed by atoms with Crippen molar-refractivity contribution in [1.29, 1.82) is 0 Å². The van der Waals surface area contributed by atoms with E-state index in [2.05, 4.69) is 10.6 Å². The normalized spacial score (nSPS) is 16.5. The summed E-state index contributed by atoms with van der Waals surface area (Å²) < 4.78 is 23.7. The largest absolute Gasteiger partial charge is 0.381 e. The molecule has 1 aromatic rings. The van der Waals surface area contributed by atoms with E-state index in [0.717, 1.165) is 25.5 Å². The minimum atomic E-state index is -3.41. The van der Waals surface area contributed by atoms with Crippen molar-refractivity contribution in [2.45, 2.75) is 55.9 Å². The van der Waals surface area contributed by atoms with Crippen molar-refractivity contribution in [1.82, 2.24) is 5.32 Å². The first-order valence-corrected chi connectivity index (χ1v) is 11.3. The first kappa shape index (κ1) is 21.2. The van der Waals surface area contributed by atoms with Crippen molar-refractivity contribution in [3.8, 4) is 0 Å². The topological polar surface area (TPSA) is 118 Å². The van der Waals surface area contributed by atoms with Crippen LogP contribution in [0.2, 0.25) is 0 Å². The minimum absolute atomic E-state index is 0.0248. The van der Waals surface area contributed by atoms with Crippen molar-refractivity contribution in [3.63, 3.8) is 0 Å². The minimum Gasteiger partial charge on any atom is -0.381 e. The molecular weight excluding hydrogens is 366 g/mol. The van der Waals surface area contributed by atoms with Gasteiger partial charge in [0, 0.05) is 19.2 Å². The SMILES string of the molecule is CS(=O)(=O)c1ccccc1NC[C@H](NC(=O)CCC1CCCCC1)C(N)=O. The Morgan fingerprint density at radius 2 is 1.85 bits per heavy atom. The molecule has 0 bridgehead atoms. The highest BCUT2D eigenvalue weighted by atomic mass is 32.2. The predicted octanol–water partition coefficient (Wildman–Crippen LogP) is 1.83. The third kappa shape index (κ3) is 6.86. The number of sulfone groups is 1. The lowest BCUT2D eigenvalue weighted by molar-refractivity contribution is -0.127. The summed E-state index contributed by atoms with van der Waals surface area (Å²) in [4.78, 5) is 24.0. The van der Waals surface area contributed by atoms with Gasteiger partial charge in [-0.3, -0.25) is 9.59 Å². The predicted molar refractivity (Wildman–Crippen MR) is 105 cm³/mol. The van der Waals surface area contributed by atoms with Gasteiger partial charge in [0.1, 0.15) is 6.04 Å². The number of carbonyl (C=O) groups excluding carboxylic acids is 2. The molecule has 8 heteroatoms. The Kier molecular flexibility index (Phi) is 7.65. The molecular formula is C19H29N3O4S. The van der Waals surface area contributed by atoms with Gasteiger partial charge < -0.3 is 16.4 Å². The highest BCUT2D eigenvalue weighted by Crippen LogP contribution is 2.27. The number of rotatable bonds is 9. The van der Waals surface area contributed by atoms with E-state index in [4.69, 9.17) is 5.73 Å². The fraction of sp³-hybridized carbons (Fsp3) is 0.579. The van der Waals surface area contributed by atoms with E-state index in [-0.39, 0.29) is 17.3 Å². The van der Waals surface area contributed by atoms with Crippen LogP contribution in [0, 0.1) is 5.92 Å². The van der Waals surface area contributed by atoms with E-state index in [1.54, 1.807) is 18.2 Å². The lowest BCUT2D eigenvalue weighted by atomic mass is 9.86. The molecule has 0 radical (unpaired) electrons. The summed E-state index contributed by atoms with van der Waals surface area (Å²) in [7, 11) is -3.41. The number of nitrogens with two attached hydrogens (primary N) is 1. The quantitative estimate of drug-likeness (QED) is 0.589. The third-order valence-corrected chi connectivity index (χ3v) is 6.12. The number of benzene rings is 1. The van der Waals surface area contributed by atoms with Crippen LogP contribution in [0.4, 0.5) is 5.69 Å². The number of anilines is 1. The Balaban J connectivity index is 1.90. The van der Waals surface area contributed by atoms with E-state index in [1.807, 2.05) is 0 Å². The monoisotopic (exact) mass is 395 g/mol. The van der Waals surface area contributed by atoms with E-state index >= 15 is 0 Å². The molecule has 0 heterocycles. The summed E-state index contributed by atoms with van der Waals surface area (Å²) in [5, 5.41) is 5.58. The zero-order valence-electron chi connectivity index (χ0n) is 15.7. The van der Waals surface area contributed by atoms with Crippen LogP contribution in [0.3, 0.4) is 0 Å². The van der Waals surface area contributed by atoms with Gasteiger partial charge >= 0.3 is 0 Å². The number of amides is 2. The number of para-hydroxylation sites is 1. The van der Waals surface area contributed by atoms with Gasteiger partial charge in [-0.05, 0) is 24.5 Å². The van der Waals surface area contributed by atoms with E-state index < -0.39 is 21.8 Å². The molecule has 0 aliphatic heterocycles. The van der Waals surface area contributed by atoms with Crippen molar-refractivity contribution in [2.75, 3.05) is 18.1 Å². The summed E-state index contributed by atoms with van der Waals surface area (Å²) in [6.07, 6.45) is 8.35. The lowest BCUT2D eigenvalue weighted by Crippen LogP contribution is -2.48. The van der Waals surface area contributed by atoms with Gasteiger partial charge in [0.2, 0.25) is 11.8 Å². The fourth-order valence-electron chi connectivity index (χ4n) is 3.45. The summed E-state index contributed by atoms with van der Waals surface area (Å²) in [6, 6.07) is 5.51. The number of carbonyl (C=O) groups is 2. The molecule has 2 amide bonds. The average molecular weight is 396 g/mol. The molecule has 0 saturated heterocycles. The molecule has 0 unspecified atom stereocenters. The van der Waals surface area contributed by atoms with Crippen molar-refractivity contribution in [3.05, 3.63) is 24.3 Å². The van der Waals surface area contributed by atoms with Crippen LogP contribution in [0.1, 0.15) is 44.9 Å². The van der Waals surface area contributed by atoms with Gasteiger partial charge in [-0.1, -0.05) is 44.2 Å². The summed E-state index contributed by atoms with van der Waals surface area (Å²) in [5.74, 6) is -0.288. The Bertz CT molecular complexity index is 758. The van der Waals surface area contributed by atoms with Crippen LogP contribution in [0.5, 0.6) is 0 Å². The molecule has 1 saturated carbocycles. The zero-order valence-corrected chi connectivity index (χ0v) is 16.6. The Morgan fingerprint density at radius 1 is 1.19 bits per heavy atom. The van der Waals surface area contributed by atoms with Gasteiger partial charge in [-0.25, -0.2) is 8.42 Å². The van der Waals surface area contributed by atoms with E-state index in [1.165, 1.54) is 25.3 Å². The molecule has 1 aromatic carbocycles. The fourth-order valence-corrected chi connectivity index (χ4v) is 4.31. The van der Waals surface area contributed by atoms with Gasteiger partial charge in [0.05, 0.1) is 10.6 Å². The van der Waals surface area contributed by atoms with Crippen molar-refractivity contribution < 1.29 is 18.0 Å². The molecule has 4 N–H and O–H groups in total. The second kappa shape index (κ2) is 9.73. The molecule has 1 fully saturated rings. The van der Waals surface area contributed by atoms with Gasteiger partial charge in [-0.2, -0.15) is 0 Å². The first-order valence-electron chi connectivity index (χ1n) is 9.39. The molecule has 1 atom stereocenters. The third-order valence-electron chi connectivity index (χ3n) is 4.97. The summed E-state index contributed by atoms with van der Waals surface area (Å²) in [6.45, 7) is 0.0248. The molecule has 0 spiro atoms. The maximum atomic E-state index is 12.2. The van der Waals surface area contributed by atoms with Crippen LogP contribution >= 0.6 is 0 Å². The van der Waals surface area contributed by atoms with E-state index in [0.29, 0.717) is 18.0 Å². The summed E-state index contributed by atoms with van der Waals surface area (Å²) in [5.41, 5.74) is 5.78. The Labute approximate surface area is 161 Å². The van der Waals surface area contributed by atoms with Gasteiger partial charge in [-0.15, -0.1) is 0 Å². The molecule has 150 valence electrons. The van der Waals surface area contributed by atoms with Gasteiger partial charge in [0.15, 0.2) is 9.84 Å². The highest BCUT2D eigenvalue weighted by molar-refractivity contribution is 7.90. The number of nitrogens with one attached hydrogen (secondary N) is 2. The Hall–Kier alpha value is -2.09. The second-order valence-corrected chi connectivity index (χ2v) is 9.20. The molecule has 0 aromatic heterocycles. The average Bonchev–Trinajstić information content (AvgIpc) is 2.63. The smallest absolute Gasteiger partial charge is 0.241 e. The molecule has 27 heavy (non-hydrogen) atoms. The first-order chi connectivity index (χ1) is 12.8.